The Morgan fingerprint density at radius 2 is 1.79 bits per heavy atom. The molecule has 2 fully saturated rings. The molecule has 0 saturated heterocycles. The van der Waals surface area contributed by atoms with E-state index in [1.165, 1.54) is 19.0 Å². The molecule has 0 spiro atoms. The van der Waals surface area contributed by atoms with Gasteiger partial charge in [0.2, 0.25) is 11.8 Å². The van der Waals surface area contributed by atoms with E-state index in [2.05, 4.69) is 5.32 Å². The average molecular weight is 596 g/mol. The third-order valence-electron chi connectivity index (χ3n) is 8.82. The normalized spacial score (nSPS) is 28.6. The third kappa shape index (κ3) is 4.34. The predicted octanol–water partition coefficient (Wildman–Crippen LogP) is 0.389. The van der Waals surface area contributed by atoms with E-state index in [0.717, 1.165) is 5.56 Å². The molecule has 220 valence electrons. The van der Waals surface area contributed by atoms with Crippen LogP contribution < -0.4 is 11.1 Å². The average Bonchev–Trinajstić information content (AvgIpc) is 2.94. The summed E-state index contributed by atoms with van der Waals surface area (Å²) >= 11 is 5.60. The van der Waals surface area contributed by atoms with Crippen LogP contribution in [0.15, 0.2) is 36.4 Å². The molecule has 5 rings (SSSR count). The van der Waals surface area contributed by atoms with E-state index in [9.17, 15) is 39.0 Å². The highest BCUT2D eigenvalue weighted by Crippen LogP contribution is 2.52. The number of rotatable bonds is 6. The first kappa shape index (κ1) is 29.6. The Labute approximate surface area is 246 Å². The highest BCUT2D eigenvalue weighted by atomic mass is 35.5. The van der Waals surface area contributed by atoms with Crippen molar-refractivity contribution < 1.29 is 39.0 Å². The number of nitrogens with one attached hydrogen (secondary N) is 1. The van der Waals surface area contributed by atoms with Gasteiger partial charge in [-0.15, -0.1) is 11.6 Å². The minimum absolute atomic E-state index is 0.0492. The summed E-state index contributed by atoms with van der Waals surface area (Å²) in [5, 5.41) is 25.6. The summed E-state index contributed by atoms with van der Waals surface area (Å²) in [7, 11) is 3.07. The molecule has 2 unspecified atom stereocenters. The van der Waals surface area contributed by atoms with E-state index in [1.807, 2.05) is 18.2 Å². The lowest BCUT2D eigenvalue weighted by Crippen LogP contribution is -2.74. The lowest BCUT2D eigenvalue weighted by atomic mass is 9.52. The number of carbonyl (C=O) groups excluding carboxylic acids is 6. The molecular weight excluding hydrogens is 566 g/mol. The summed E-state index contributed by atoms with van der Waals surface area (Å²) in [5.41, 5.74) is 4.43. The van der Waals surface area contributed by atoms with Crippen LogP contribution in [0.3, 0.4) is 0 Å². The largest absolute Gasteiger partial charge is 0.507 e. The van der Waals surface area contributed by atoms with E-state index in [-0.39, 0.29) is 36.4 Å². The summed E-state index contributed by atoms with van der Waals surface area (Å²) in [6, 6.07) is 9.55. The van der Waals surface area contributed by atoms with Crippen LogP contribution in [0.5, 0.6) is 5.75 Å². The lowest BCUT2D eigenvalue weighted by molar-refractivity contribution is -0.181. The molecule has 0 aromatic heterocycles. The first-order valence-corrected chi connectivity index (χ1v) is 14.0. The number of primary amides is 1. The van der Waals surface area contributed by atoms with E-state index >= 15 is 0 Å². The van der Waals surface area contributed by atoms with Crippen molar-refractivity contribution in [2.75, 3.05) is 20.0 Å². The highest BCUT2D eigenvalue weighted by Gasteiger charge is 2.69. The number of nitrogens with two attached hydrogens (primary N) is 1. The van der Waals surface area contributed by atoms with Gasteiger partial charge in [-0.25, -0.2) is 0 Å². The number of phenolic OH excluding ortho intramolecular Hbond substituents is 1. The Morgan fingerprint density at radius 3 is 2.38 bits per heavy atom. The summed E-state index contributed by atoms with van der Waals surface area (Å²) < 4.78 is 0. The van der Waals surface area contributed by atoms with Crippen LogP contribution in [0.25, 0.3) is 11.1 Å². The minimum Gasteiger partial charge on any atom is -0.507 e. The van der Waals surface area contributed by atoms with Crippen molar-refractivity contribution in [3.05, 3.63) is 53.1 Å². The maximum absolute atomic E-state index is 14.2. The van der Waals surface area contributed by atoms with E-state index < -0.39 is 76.0 Å². The Balaban J connectivity index is 1.67. The van der Waals surface area contributed by atoms with Gasteiger partial charge in [0.25, 0.3) is 0 Å². The smallest absolute Gasteiger partial charge is 0.235 e. The van der Waals surface area contributed by atoms with Gasteiger partial charge < -0.3 is 21.3 Å². The zero-order chi connectivity index (χ0) is 30.7. The van der Waals surface area contributed by atoms with Crippen molar-refractivity contribution in [1.82, 2.24) is 10.2 Å². The van der Waals surface area contributed by atoms with E-state index in [1.54, 1.807) is 18.2 Å². The maximum Gasteiger partial charge on any atom is 0.235 e. The first-order valence-electron chi connectivity index (χ1n) is 13.4. The molecule has 0 aliphatic heterocycles. The Bertz CT molecular complexity index is 1540. The fourth-order valence-electron chi connectivity index (χ4n) is 6.98. The third-order valence-corrected chi connectivity index (χ3v) is 9.07. The topological polar surface area (TPSA) is 184 Å². The number of likely N-dealkylation sites (N-methyl/N-ethyl adjacent to an activating group) is 1. The first-order chi connectivity index (χ1) is 19.8. The SMILES string of the molecule is CN(C)[C@@H]1C(=O)C(C(N)=O)C(=O)[C@@]2(O)C(=O)C3C(=O)c4c(O)c(CNC(=O)CCl)cc(-c5ccccc5)c4C[C@H]3C[C@@H]12. The number of hydrogen-bond acceptors (Lipinski definition) is 9. The van der Waals surface area contributed by atoms with Gasteiger partial charge in [0.1, 0.15) is 11.6 Å². The highest BCUT2D eigenvalue weighted by molar-refractivity contribution is 6.32. The molecule has 3 aliphatic rings. The van der Waals surface area contributed by atoms with Gasteiger partial charge >= 0.3 is 0 Å². The van der Waals surface area contributed by atoms with Crippen molar-refractivity contribution in [3.8, 4) is 16.9 Å². The molecule has 2 aromatic carbocycles. The second kappa shape index (κ2) is 10.7. The van der Waals surface area contributed by atoms with Crippen molar-refractivity contribution in [3.63, 3.8) is 0 Å². The number of halogens is 1. The number of Topliss-reactive ketones (excluding diaryl/α,β-unsaturated/α-hetero) is 4. The van der Waals surface area contributed by atoms with Crippen molar-refractivity contribution in [1.29, 1.82) is 0 Å². The number of phenols is 1. The van der Waals surface area contributed by atoms with Gasteiger partial charge in [0.05, 0.1) is 17.5 Å². The molecule has 6 atom stereocenters. The van der Waals surface area contributed by atoms with Crippen LogP contribution in [0.1, 0.15) is 27.9 Å². The van der Waals surface area contributed by atoms with Crippen molar-refractivity contribution >= 4 is 46.5 Å². The maximum atomic E-state index is 14.2. The molecule has 2 amide bonds. The molecule has 12 heteroatoms. The van der Waals surface area contributed by atoms with Crippen LogP contribution >= 0.6 is 11.6 Å². The van der Waals surface area contributed by atoms with Gasteiger partial charge in [-0.05, 0) is 55.6 Å². The Hall–Kier alpha value is -3.93. The van der Waals surface area contributed by atoms with Gasteiger partial charge in [-0.2, -0.15) is 0 Å². The molecular formula is C30H30ClN3O8. The fourth-order valence-corrected chi connectivity index (χ4v) is 7.07. The Kier molecular flexibility index (Phi) is 7.55. The molecule has 11 nitrogen and oxygen atoms in total. The standard InChI is InChI=1S/C30H30ClN3O8/c1-34(2)23-18-10-14-8-17-16(13-6-4-3-5-7-13)9-15(12-33-19(35)11-31)24(36)21(17)25(37)20(14)27(39)30(18,42)28(40)22(26(23)38)29(32)41/h3-7,9,14,18,20,22-23,36,42H,8,10-12H2,1-2H3,(H2,32,41)(H,33,35)/t14-,18-,20?,22?,23-,30-/m0/s1. The number of aliphatic hydroxyl groups is 1. The van der Waals surface area contributed by atoms with Gasteiger partial charge in [0, 0.05) is 18.0 Å². The number of fused-ring (bicyclic) bond motifs is 3. The lowest BCUT2D eigenvalue weighted by Gasteiger charge is -2.52. The van der Waals surface area contributed by atoms with Crippen LogP contribution in [-0.4, -0.2) is 81.7 Å². The molecule has 3 aliphatic carbocycles. The number of amides is 2. The monoisotopic (exact) mass is 595 g/mol. The van der Waals surface area contributed by atoms with Gasteiger partial charge in [-0.1, -0.05) is 30.3 Å². The van der Waals surface area contributed by atoms with E-state index in [4.69, 9.17) is 17.3 Å². The molecule has 2 saturated carbocycles. The number of alkyl halides is 1. The minimum atomic E-state index is -2.80. The zero-order valence-corrected chi connectivity index (χ0v) is 23.7. The summed E-state index contributed by atoms with van der Waals surface area (Å²) in [6.07, 6.45) is 0.0738. The van der Waals surface area contributed by atoms with Crippen molar-refractivity contribution in [2.45, 2.75) is 31.0 Å². The number of ketones is 4. The van der Waals surface area contributed by atoms with Crippen LogP contribution in [0.2, 0.25) is 0 Å². The Morgan fingerprint density at radius 1 is 1.12 bits per heavy atom. The summed E-state index contributed by atoms with van der Waals surface area (Å²) in [5.74, 6) is -12.0. The summed E-state index contributed by atoms with van der Waals surface area (Å²) in [4.78, 5) is 80.4. The number of carbonyl (C=O) groups is 6. The van der Waals surface area contributed by atoms with Gasteiger partial charge in [0.15, 0.2) is 34.7 Å². The second-order valence-corrected chi connectivity index (χ2v) is 11.6. The number of nitrogens with zero attached hydrogens (tertiary/aromatic N) is 1. The number of hydrogen-bond donors (Lipinski definition) is 4. The predicted molar refractivity (Wildman–Crippen MR) is 149 cm³/mol. The molecule has 0 heterocycles. The molecule has 5 N–H and O–H groups in total. The number of benzene rings is 2. The zero-order valence-electron chi connectivity index (χ0n) is 22.9. The second-order valence-electron chi connectivity index (χ2n) is 11.4. The molecule has 2 aromatic rings. The van der Waals surface area contributed by atoms with Crippen molar-refractivity contribution in [2.24, 2.45) is 29.4 Å². The van der Waals surface area contributed by atoms with Crippen LogP contribution in [0, 0.1) is 23.7 Å². The molecule has 42 heavy (non-hydrogen) atoms. The van der Waals surface area contributed by atoms with Crippen LogP contribution in [-0.2, 0) is 36.9 Å². The number of aromatic hydroxyl groups is 1. The fraction of sp³-hybridized carbons (Fsp3) is 0.400. The van der Waals surface area contributed by atoms with Gasteiger partial charge in [-0.3, -0.25) is 33.7 Å². The summed E-state index contributed by atoms with van der Waals surface area (Å²) in [6.45, 7) is -0.156. The van der Waals surface area contributed by atoms with Crippen LogP contribution in [0.4, 0.5) is 0 Å². The quantitative estimate of drug-likeness (QED) is 0.271. The molecule has 0 bridgehead atoms. The molecule has 0 radical (unpaired) electrons. The van der Waals surface area contributed by atoms with E-state index in [0.29, 0.717) is 11.1 Å².